The Morgan fingerprint density at radius 2 is 1.96 bits per heavy atom. The van der Waals surface area contributed by atoms with Gasteiger partial charge in [0.25, 0.3) is 5.56 Å². The first-order valence-electron chi connectivity index (χ1n) is 15.6. The third-order valence-corrected chi connectivity index (χ3v) is 11.8. The van der Waals surface area contributed by atoms with Crippen molar-refractivity contribution in [2.45, 2.75) is 64.0 Å². The van der Waals surface area contributed by atoms with Crippen molar-refractivity contribution in [3.05, 3.63) is 62.2 Å². The van der Waals surface area contributed by atoms with E-state index in [9.17, 15) is 19.5 Å². The van der Waals surface area contributed by atoms with Gasteiger partial charge in [-0.3, -0.25) is 4.79 Å². The number of carbonyl (C=O) groups is 2. The maximum absolute atomic E-state index is 13.6. The second kappa shape index (κ2) is 13.7. The predicted octanol–water partition coefficient (Wildman–Crippen LogP) is 5.11. The van der Waals surface area contributed by atoms with Gasteiger partial charge < -0.3 is 34.9 Å². The second-order valence-corrected chi connectivity index (χ2v) is 15.6. The van der Waals surface area contributed by atoms with Gasteiger partial charge in [0.05, 0.1) is 29.0 Å². The number of carboxylic acid groups (broad SMARTS) is 1. The highest BCUT2D eigenvalue weighted by Gasteiger charge is 2.45. The summed E-state index contributed by atoms with van der Waals surface area (Å²) in [5, 5.41) is 26.3. The van der Waals surface area contributed by atoms with Crippen LogP contribution in [0.2, 0.25) is 5.28 Å². The number of hydrogen-bond acceptors (Lipinski definition) is 13. The quantitative estimate of drug-likeness (QED) is 0.0753. The summed E-state index contributed by atoms with van der Waals surface area (Å²) in [5.41, 5.74) is 2.06. The summed E-state index contributed by atoms with van der Waals surface area (Å²) in [7, 11) is 3.17. The number of amides is 1. The monoisotopic (exact) mass is 727 g/mol. The van der Waals surface area contributed by atoms with Crippen LogP contribution in [0.1, 0.15) is 56.4 Å². The summed E-state index contributed by atoms with van der Waals surface area (Å²) in [6, 6.07) is 7.10. The smallest absolute Gasteiger partial charge is 0.404 e. The molecular weight excluding hydrogens is 694 g/mol. The lowest BCUT2D eigenvalue weighted by molar-refractivity contribution is -0.172. The van der Waals surface area contributed by atoms with E-state index in [1.807, 2.05) is 32.9 Å². The molecule has 6 rings (SSSR count). The van der Waals surface area contributed by atoms with Gasteiger partial charge in [-0.1, -0.05) is 35.4 Å². The third-order valence-electron chi connectivity index (χ3n) is 8.35. The standard InChI is InChI=1S/C32H34ClN7O7S2/c1-5-17-18-11-16(47-29-38-27(33)37-28(39-29)34-9-10-48-49-31(3,4)15-35-30(43)44)7-8-22(18)36-24-19(17)13-40-23(24)12-21-20(25(40)41)14-46-26(42)32(21,45)6-2/h7-8,11-12,35,45H,5-6,9-10,13-15H2,1-4H3,(H,43,44)(H,34,37,38,39)/t32-/m0/s1. The lowest BCUT2D eigenvalue weighted by Gasteiger charge is -2.31. The average Bonchev–Trinajstić information content (AvgIpc) is 3.42. The zero-order valence-electron chi connectivity index (χ0n) is 27.1. The Hall–Kier alpha value is -4.12. The van der Waals surface area contributed by atoms with Gasteiger partial charge in [-0.2, -0.15) is 15.0 Å². The fourth-order valence-electron chi connectivity index (χ4n) is 5.89. The van der Waals surface area contributed by atoms with E-state index in [0.29, 0.717) is 47.9 Å². The highest BCUT2D eigenvalue weighted by molar-refractivity contribution is 8.77. The number of esters is 1. The van der Waals surface area contributed by atoms with E-state index in [1.165, 1.54) is 0 Å². The molecule has 17 heteroatoms. The van der Waals surface area contributed by atoms with Crippen LogP contribution in [0.15, 0.2) is 29.1 Å². The third kappa shape index (κ3) is 6.87. The Labute approximate surface area is 293 Å². The van der Waals surface area contributed by atoms with Crippen LogP contribution >= 0.6 is 33.2 Å². The fraction of sp³-hybridized carbons (Fsp3) is 0.406. The first-order chi connectivity index (χ1) is 23.3. The summed E-state index contributed by atoms with van der Waals surface area (Å²) < 4.78 is 12.6. The highest BCUT2D eigenvalue weighted by Crippen LogP contribution is 2.41. The van der Waals surface area contributed by atoms with Crippen LogP contribution in [-0.4, -0.2) is 70.4 Å². The minimum absolute atomic E-state index is 0.00152. The van der Waals surface area contributed by atoms with Gasteiger partial charge in [-0.15, -0.1) is 0 Å². The van der Waals surface area contributed by atoms with Crippen molar-refractivity contribution in [1.82, 2.24) is 29.8 Å². The summed E-state index contributed by atoms with van der Waals surface area (Å²) in [4.78, 5) is 54.5. The number of ether oxygens (including phenoxy) is 2. The Balaban J connectivity index is 1.21. The number of cyclic esters (lactones) is 1. The normalized spacial score (nSPS) is 16.5. The minimum atomic E-state index is -1.90. The SMILES string of the molecule is CCc1c2c(nc3ccc(Oc4nc(Cl)nc(NCCSSC(C)(C)CNC(=O)O)n4)cc13)-c1cc3c(c(=O)n1C2)COC(=O)[C@]3(O)CC. The Morgan fingerprint density at radius 3 is 2.69 bits per heavy atom. The molecule has 4 aromatic rings. The van der Waals surface area contributed by atoms with E-state index >= 15 is 0 Å². The van der Waals surface area contributed by atoms with Gasteiger partial charge in [-0.25, -0.2) is 14.6 Å². The summed E-state index contributed by atoms with van der Waals surface area (Å²) in [5.74, 6) is 0.623. The molecule has 14 nitrogen and oxygen atoms in total. The number of rotatable bonds is 12. The highest BCUT2D eigenvalue weighted by atomic mass is 35.5. The van der Waals surface area contributed by atoms with Gasteiger partial charge in [-0.05, 0) is 68.1 Å². The van der Waals surface area contributed by atoms with E-state index in [2.05, 4.69) is 25.6 Å². The van der Waals surface area contributed by atoms with Crippen molar-refractivity contribution in [2.24, 2.45) is 0 Å². The fourth-order valence-corrected chi connectivity index (χ4v) is 8.40. The van der Waals surface area contributed by atoms with Gasteiger partial charge >= 0.3 is 18.1 Å². The van der Waals surface area contributed by atoms with Crippen molar-refractivity contribution >= 4 is 62.1 Å². The lowest BCUT2D eigenvalue weighted by atomic mass is 9.86. The molecule has 2 aliphatic rings. The molecule has 0 spiro atoms. The van der Waals surface area contributed by atoms with E-state index in [4.69, 9.17) is 31.2 Å². The Morgan fingerprint density at radius 1 is 1.16 bits per heavy atom. The molecule has 0 radical (unpaired) electrons. The van der Waals surface area contributed by atoms with E-state index in [-0.39, 0.29) is 58.2 Å². The molecule has 3 aromatic heterocycles. The van der Waals surface area contributed by atoms with Gasteiger partial charge in [0.1, 0.15) is 12.4 Å². The maximum atomic E-state index is 13.6. The summed E-state index contributed by atoms with van der Waals surface area (Å²) in [6.07, 6.45) is -0.340. The number of aromatic nitrogens is 5. The first-order valence-corrected chi connectivity index (χ1v) is 18.3. The van der Waals surface area contributed by atoms with Crippen LogP contribution in [0, 0.1) is 0 Å². The predicted molar refractivity (Wildman–Crippen MR) is 187 cm³/mol. The zero-order valence-corrected chi connectivity index (χ0v) is 29.5. The Bertz CT molecular complexity index is 2040. The number of halogens is 1. The van der Waals surface area contributed by atoms with Crippen molar-refractivity contribution in [3.63, 3.8) is 0 Å². The minimum Gasteiger partial charge on any atom is -0.465 e. The lowest BCUT2D eigenvalue weighted by Crippen LogP contribution is -2.44. The number of anilines is 1. The molecule has 4 N–H and O–H groups in total. The number of nitrogens with zero attached hydrogens (tertiary/aromatic N) is 5. The molecule has 2 aliphatic heterocycles. The first kappa shape index (κ1) is 34.7. The molecule has 5 heterocycles. The molecule has 0 saturated carbocycles. The van der Waals surface area contributed by atoms with Crippen LogP contribution in [0.3, 0.4) is 0 Å². The van der Waals surface area contributed by atoms with E-state index in [0.717, 1.165) is 16.5 Å². The van der Waals surface area contributed by atoms with E-state index in [1.54, 1.807) is 45.2 Å². The van der Waals surface area contributed by atoms with Gasteiger partial charge in [0, 0.05) is 40.1 Å². The number of carbonyl (C=O) groups excluding carboxylic acids is 1. The van der Waals surface area contributed by atoms with Crippen molar-refractivity contribution in [1.29, 1.82) is 0 Å². The molecule has 0 unspecified atom stereocenters. The molecule has 1 atom stereocenters. The van der Waals surface area contributed by atoms with Crippen LogP contribution in [-0.2, 0) is 34.7 Å². The van der Waals surface area contributed by atoms with Gasteiger partial charge in [0.15, 0.2) is 5.60 Å². The number of hydrogen-bond donors (Lipinski definition) is 4. The number of fused-ring (bicyclic) bond motifs is 5. The Kier molecular flexibility index (Phi) is 9.68. The molecule has 0 fully saturated rings. The second-order valence-electron chi connectivity index (χ2n) is 12.1. The van der Waals surface area contributed by atoms with Crippen LogP contribution in [0.4, 0.5) is 10.7 Å². The average molecular weight is 728 g/mol. The largest absolute Gasteiger partial charge is 0.465 e. The number of benzene rings is 1. The number of aliphatic hydroxyl groups is 1. The van der Waals surface area contributed by atoms with Crippen molar-refractivity contribution in [3.8, 4) is 23.1 Å². The molecule has 49 heavy (non-hydrogen) atoms. The summed E-state index contributed by atoms with van der Waals surface area (Å²) in [6.45, 7) is 8.56. The molecule has 258 valence electrons. The molecule has 1 amide bonds. The van der Waals surface area contributed by atoms with Crippen LogP contribution < -0.4 is 20.9 Å². The molecule has 1 aromatic carbocycles. The topological polar surface area (TPSA) is 191 Å². The van der Waals surface area contributed by atoms with E-state index < -0.39 is 17.7 Å². The summed E-state index contributed by atoms with van der Waals surface area (Å²) >= 11 is 6.20. The molecule has 0 bridgehead atoms. The number of pyridine rings is 2. The molecular formula is C32H34ClN7O7S2. The van der Waals surface area contributed by atoms with Gasteiger partial charge in [0.2, 0.25) is 11.2 Å². The maximum Gasteiger partial charge on any atom is 0.404 e. The van der Waals surface area contributed by atoms with Crippen molar-refractivity contribution < 1.29 is 29.3 Å². The number of nitrogens with one attached hydrogen (secondary N) is 2. The molecule has 0 saturated heterocycles. The van der Waals surface area contributed by atoms with Crippen LogP contribution in [0.5, 0.6) is 11.8 Å². The zero-order chi connectivity index (χ0) is 35.1. The van der Waals surface area contributed by atoms with Crippen LogP contribution in [0.25, 0.3) is 22.3 Å². The number of aryl methyl sites for hydroxylation is 1. The molecule has 0 aliphatic carbocycles. The van der Waals surface area contributed by atoms with Crippen molar-refractivity contribution in [2.75, 3.05) is 24.2 Å².